The Balaban J connectivity index is 2.44. The van der Waals surface area contributed by atoms with Gasteiger partial charge in [-0.3, -0.25) is 15.1 Å². The number of terminal acetylenes is 1. The van der Waals surface area contributed by atoms with Crippen LogP contribution >= 0.6 is 0 Å². The van der Waals surface area contributed by atoms with Gasteiger partial charge in [0.25, 0.3) is 0 Å². The van der Waals surface area contributed by atoms with Crippen LogP contribution in [0.5, 0.6) is 0 Å². The van der Waals surface area contributed by atoms with Gasteiger partial charge in [0.15, 0.2) is 0 Å². The minimum atomic E-state index is -1.03. The van der Waals surface area contributed by atoms with Crippen molar-refractivity contribution in [3.05, 3.63) is 29.6 Å². The van der Waals surface area contributed by atoms with E-state index in [4.69, 9.17) is 11.5 Å². The molecule has 0 unspecified atom stereocenters. The van der Waals surface area contributed by atoms with Crippen LogP contribution in [0.25, 0.3) is 0 Å². The molecule has 0 radical (unpaired) electrons. The first-order valence-electron chi connectivity index (χ1n) is 5.22. The van der Waals surface area contributed by atoms with E-state index in [1.165, 1.54) is 18.3 Å². The molecule has 0 saturated heterocycles. The molecule has 0 bridgehead atoms. The van der Waals surface area contributed by atoms with Gasteiger partial charge in [0.1, 0.15) is 0 Å². The third-order valence-electron chi connectivity index (χ3n) is 2.04. The quantitative estimate of drug-likeness (QED) is 0.471. The number of hydrogen-bond acceptors (Lipinski definition) is 4. The van der Waals surface area contributed by atoms with E-state index in [-0.39, 0.29) is 24.6 Å². The predicted octanol–water partition coefficient (Wildman–Crippen LogP) is -0.381. The number of hydrogen-bond donors (Lipinski definition) is 3. The van der Waals surface area contributed by atoms with E-state index in [9.17, 15) is 9.59 Å². The van der Waals surface area contributed by atoms with Crippen LogP contribution in [0, 0.1) is 12.3 Å². The fourth-order valence-electron chi connectivity index (χ4n) is 1.21. The minimum absolute atomic E-state index is 0.114. The monoisotopic (exact) mass is 247 g/mol. The third-order valence-corrected chi connectivity index (χ3v) is 2.04. The number of rotatable bonds is 6. The normalized spacial score (nSPS) is 9.50. The molecule has 18 heavy (non-hydrogen) atoms. The number of aromatic carboxylic acids is 1. The summed E-state index contributed by atoms with van der Waals surface area (Å²) in [5.74, 6) is 1.09. The average Bonchev–Trinajstić information content (AvgIpc) is 2.37. The van der Waals surface area contributed by atoms with Gasteiger partial charge < -0.3 is 10.4 Å². The first-order valence-corrected chi connectivity index (χ1v) is 5.22. The van der Waals surface area contributed by atoms with Crippen LogP contribution in [0.4, 0.5) is 0 Å². The van der Waals surface area contributed by atoms with Gasteiger partial charge in [-0.05, 0) is 12.1 Å². The van der Waals surface area contributed by atoms with Crippen molar-refractivity contribution in [1.29, 1.82) is 0 Å². The van der Waals surface area contributed by atoms with Gasteiger partial charge >= 0.3 is 5.97 Å². The average molecular weight is 247 g/mol. The Morgan fingerprint density at radius 3 is 2.94 bits per heavy atom. The number of amides is 1. The van der Waals surface area contributed by atoms with Crippen LogP contribution in [-0.4, -0.2) is 35.1 Å². The summed E-state index contributed by atoms with van der Waals surface area (Å²) in [5.41, 5.74) is 0.625. The summed E-state index contributed by atoms with van der Waals surface area (Å²) in [6, 6.07) is 2.81. The molecule has 0 fully saturated rings. The standard InChI is InChI=1S/C12H13N3O3/c1-2-4-13-8-11(16)15-7-10-6-9(12(17)18)3-5-14-10/h1,3,5-6,13H,4,7-8H2,(H,15,16)(H,17,18). The van der Waals surface area contributed by atoms with Gasteiger partial charge in [0, 0.05) is 6.20 Å². The smallest absolute Gasteiger partial charge is 0.335 e. The number of pyridine rings is 1. The number of carboxylic acids is 1. The lowest BCUT2D eigenvalue weighted by atomic mass is 10.2. The van der Waals surface area contributed by atoms with E-state index in [1.54, 1.807) is 0 Å². The third kappa shape index (κ3) is 4.63. The fourth-order valence-corrected chi connectivity index (χ4v) is 1.21. The van der Waals surface area contributed by atoms with Crippen LogP contribution in [0.2, 0.25) is 0 Å². The number of carbonyl (C=O) groups is 2. The van der Waals surface area contributed by atoms with Crippen molar-refractivity contribution in [3.8, 4) is 12.3 Å². The van der Waals surface area contributed by atoms with Crippen molar-refractivity contribution in [2.24, 2.45) is 0 Å². The Labute approximate surface area is 104 Å². The van der Waals surface area contributed by atoms with Crippen LogP contribution in [0.15, 0.2) is 18.3 Å². The van der Waals surface area contributed by atoms with Crippen LogP contribution in [-0.2, 0) is 11.3 Å². The first-order chi connectivity index (χ1) is 8.63. The van der Waals surface area contributed by atoms with E-state index in [1.807, 2.05) is 0 Å². The molecule has 0 aliphatic heterocycles. The lowest BCUT2D eigenvalue weighted by Gasteiger charge is -2.05. The molecule has 6 nitrogen and oxygen atoms in total. The molecule has 0 spiro atoms. The van der Waals surface area contributed by atoms with Gasteiger partial charge in [-0.15, -0.1) is 6.42 Å². The minimum Gasteiger partial charge on any atom is -0.478 e. The molecule has 3 N–H and O–H groups in total. The molecule has 94 valence electrons. The Bertz CT molecular complexity index is 480. The van der Waals surface area contributed by atoms with Gasteiger partial charge in [-0.1, -0.05) is 5.92 Å². The van der Waals surface area contributed by atoms with Crippen molar-refractivity contribution in [3.63, 3.8) is 0 Å². The highest BCUT2D eigenvalue weighted by molar-refractivity contribution is 5.87. The number of carboxylic acid groups (broad SMARTS) is 1. The molecule has 1 aromatic rings. The van der Waals surface area contributed by atoms with Crippen LogP contribution < -0.4 is 10.6 Å². The largest absolute Gasteiger partial charge is 0.478 e. The van der Waals surface area contributed by atoms with Crippen LogP contribution in [0.1, 0.15) is 16.1 Å². The van der Waals surface area contributed by atoms with Crippen molar-refractivity contribution in [1.82, 2.24) is 15.6 Å². The highest BCUT2D eigenvalue weighted by atomic mass is 16.4. The summed E-state index contributed by atoms with van der Waals surface area (Å²) in [5, 5.41) is 14.1. The van der Waals surface area contributed by atoms with Crippen molar-refractivity contribution < 1.29 is 14.7 Å². The summed E-state index contributed by atoms with van der Waals surface area (Å²) in [6.45, 7) is 0.612. The molecule has 6 heteroatoms. The molecular formula is C12H13N3O3. The number of carbonyl (C=O) groups excluding carboxylic acids is 1. The zero-order valence-electron chi connectivity index (χ0n) is 9.64. The lowest BCUT2D eigenvalue weighted by molar-refractivity contribution is -0.120. The molecule has 0 saturated carbocycles. The first kappa shape index (κ1) is 13.7. The van der Waals surface area contributed by atoms with Crippen molar-refractivity contribution in [2.45, 2.75) is 6.54 Å². The molecule has 1 amide bonds. The lowest BCUT2D eigenvalue weighted by Crippen LogP contribution is -2.33. The summed E-state index contributed by atoms with van der Waals surface area (Å²) >= 11 is 0. The molecule has 1 heterocycles. The molecule has 0 aliphatic rings. The van der Waals surface area contributed by atoms with E-state index in [0.29, 0.717) is 12.2 Å². The Morgan fingerprint density at radius 2 is 2.28 bits per heavy atom. The highest BCUT2D eigenvalue weighted by Gasteiger charge is 2.05. The molecule has 1 aromatic heterocycles. The zero-order chi connectivity index (χ0) is 13.4. The van der Waals surface area contributed by atoms with Gasteiger partial charge in [-0.2, -0.15) is 0 Å². The van der Waals surface area contributed by atoms with Gasteiger partial charge in [0.05, 0.1) is 30.9 Å². The van der Waals surface area contributed by atoms with Crippen LogP contribution in [0.3, 0.4) is 0 Å². The molecular weight excluding hydrogens is 234 g/mol. The molecule has 1 rings (SSSR count). The Kier molecular flexibility index (Phi) is 5.35. The van der Waals surface area contributed by atoms with Gasteiger partial charge in [-0.25, -0.2) is 4.79 Å². The number of aromatic nitrogens is 1. The van der Waals surface area contributed by atoms with Crippen molar-refractivity contribution in [2.75, 3.05) is 13.1 Å². The van der Waals surface area contributed by atoms with E-state index >= 15 is 0 Å². The van der Waals surface area contributed by atoms with Gasteiger partial charge in [0.2, 0.25) is 5.91 Å². The predicted molar refractivity (Wildman–Crippen MR) is 64.7 cm³/mol. The molecule has 0 aromatic carbocycles. The highest BCUT2D eigenvalue weighted by Crippen LogP contribution is 2.01. The summed E-state index contributed by atoms with van der Waals surface area (Å²) in [6.07, 6.45) is 6.41. The second-order valence-electron chi connectivity index (χ2n) is 3.43. The fraction of sp³-hybridized carbons (Fsp3) is 0.250. The topological polar surface area (TPSA) is 91.3 Å². The maximum absolute atomic E-state index is 11.3. The van der Waals surface area contributed by atoms with E-state index < -0.39 is 5.97 Å². The zero-order valence-corrected chi connectivity index (χ0v) is 9.64. The number of nitrogens with zero attached hydrogens (tertiary/aromatic N) is 1. The van der Waals surface area contributed by atoms with E-state index in [0.717, 1.165) is 0 Å². The SMILES string of the molecule is C#CCNCC(=O)NCc1cc(C(=O)O)ccn1. The Hall–Kier alpha value is -2.39. The maximum atomic E-state index is 11.3. The summed E-state index contributed by atoms with van der Waals surface area (Å²) < 4.78 is 0. The molecule has 0 aliphatic carbocycles. The second-order valence-corrected chi connectivity index (χ2v) is 3.43. The maximum Gasteiger partial charge on any atom is 0.335 e. The summed E-state index contributed by atoms with van der Waals surface area (Å²) in [4.78, 5) is 26.0. The van der Waals surface area contributed by atoms with Crippen molar-refractivity contribution >= 4 is 11.9 Å². The molecule has 0 atom stereocenters. The van der Waals surface area contributed by atoms with E-state index in [2.05, 4.69) is 21.5 Å². The summed E-state index contributed by atoms with van der Waals surface area (Å²) in [7, 11) is 0. The Morgan fingerprint density at radius 1 is 1.50 bits per heavy atom. The number of nitrogens with one attached hydrogen (secondary N) is 2. The second kappa shape index (κ2) is 7.04.